The molecule has 0 N–H and O–H groups in total. The van der Waals surface area contributed by atoms with Crippen LogP contribution in [0.25, 0.3) is 0 Å². The molecule has 1 saturated heterocycles. The fraction of sp³-hybridized carbons (Fsp3) is 1.00. The van der Waals surface area contributed by atoms with E-state index in [1.165, 1.54) is 38.9 Å². The molecular weight excluding hydrogens is 228 g/mol. The second-order valence-electron chi connectivity index (χ2n) is 4.26. The van der Waals surface area contributed by atoms with Gasteiger partial charge in [0.1, 0.15) is 0 Å². The van der Waals surface area contributed by atoms with Gasteiger partial charge in [-0.1, -0.05) is 15.9 Å². The van der Waals surface area contributed by atoms with Gasteiger partial charge in [-0.3, -0.25) is 4.90 Å². The number of hydrogen-bond donors (Lipinski definition) is 0. The lowest BCUT2D eigenvalue weighted by Gasteiger charge is -2.30. The van der Waals surface area contributed by atoms with Crippen molar-refractivity contribution in [1.29, 1.82) is 0 Å². The molecule has 0 aromatic carbocycles. The van der Waals surface area contributed by atoms with Crippen molar-refractivity contribution in [3.05, 3.63) is 0 Å². The summed E-state index contributed by atoms with van der Waals surface area (Å²) in [6.07, 6.45) is 4.17. The highest BCUT2D eigenvalue weighted by molar-refractivity contribution is 9.09. The Labute approximate surface area is 90.4 Å². The van der Waals surface area contributed by atoms with Crippen molar-refractivity contribution >= 4 is 15.9 Å². The van der Waals surface area contributed by atoms with Gasteiger partial charge in [0.05, 0.1) is 5.45 Å². The summed E-state index contributed by atoms with van der Waals surface area (Å²) < 4.78 is 0. The lowest BCUT2D eigenvalue weighted by Crippen LogP contribution is -2.33. The van der Waals surface area contributed by atoms with Crippen LogP contribution in [0.1, 0.15) is 19.3 Å². The third kappa shape index (κ3) is 4.43. The fourth-order valence-corrected chi connectivity index (χ4v) is 2.22. The van der Waals surface area contributed by atoms with E-state index in [4.69, 9.17) is 0 Å². The van der Waals surface area contributed by atoms with E-state index in [1.807, 2.05) is 0 Å². The van der Waals surface area contributed by atoms with Gasteiger partial charge in [-0.15, -0.1) is 0 Å². The van der Waals surface area contributed by atoms with E-state index >= 15 is 0 Å². The molecule has 3 heteroatoms. The van der Waals surface area contributed by atoms with Gasteiger partial charge in [0.2, 0.25) is 0 Å². The molecule has 0 radical (unpaired) electrons. The average molecular weight is 249 g/mol. The van der Waals surface area contributed by atoms with Crippen LogP contribution >= 0.6 is 15.9 Å². The van der Waals surface area contributed by atoms with Gasteiger partial charge in [-0.25, -0.2) is 0 Å². The molecule has 0 aliphatic carbocycles. The van der Waals surface area contributed by atoms with Crippen molar-refractivity contribution in [3.8, 4) is 0 Å². The van der Waals surface area contributed by atoms with E-state index in [0.717, 1.165) is 11.4 Å². The van der Waals surface area contributed by atoms with Crippen LogP contribution < -0.4 is 0 Å². The minimum absolute atomic E-state index is 0.931. The predicted octanol–water partition coefficient (Wildman–Crippen LogP) is 2.00. The highest BCUT2D eigenvalue weighted by Gasteiger charge is 2.16. The summed E-state index contributed by atoms with van der Waals surface area (Å²) in [5, 5.41) is 0. The third-order valence-electron chi connectivity index (χ3n) is 2.85. The summed E-state index contributed by atoms with van der Waals surface area (Å²) in [4.78, 5) is 4.79. The van der Waals surface area contributed by atoms with Gasteiger partial charge in [-0.2, -0.15) is 0 Å². The summed E-state index contributed by atoms with van der Waals surface area (Å²) in [5.41, 5.74) is 0.996. The van der Waals surface area contributed by atoms with Crippen molar-refractivity contribution in [2.24, 2.45) is 5.92 Å². The molecule has 0 bridgehead atoms. The Morgan fingerprint density at radius 2 is 2.31 bits per heavy atom. The minimum atomic E-state index is 0.931. The van der Waals surface area contributed by atoms with E-state index < -0.39 is 0 Å². The van der Waals surface area contributed by atoms with Gasteiger partial charge in [0.25, 0.3) is 0 Å². The standard InChI is InChI=1S/C10H21BrN2/c1-12-6-3-4-10(8-12)5-7-13(2)9-11/h10H,3-9H2,1-2H3. The van der Waals surface area contributed by atoms with E-state index in [2.05, 4.69) is 39.8 Å². The number of halogens is 1. The molecule has 1 aliphatic rings. The van der Waals surface area contributed by atoms with Crippen LogP contribution in [0, 0.1) is 5.92 Å². The van der Waals surface area contributed by atoms with E-state index in [0.29, 0.717) is 0 Å². The zero-order valence-electron chi connectivity index (χ0n) is 8.80. The van der Waals surface area contributed by atoms with E-state index in [9.17, 15) is 0 Å². The van der Waals surface area contributed by atoms with Crippen molar-refractivity contribution in [2.75, 3.05) is 39.2 Å². The molecule has 78 valence electrons. The Balaban J connectivity index is 2.13. The van der Waals surface area contributed by atoms with Crippen LogP contribution in [0.5, 0.6) is 0 Å². The molecule has 0 aromatic rings. The molecule has 1 aliphatic heterocycles. The largest absolute Gasteiger partial charge is 0.306 e. The lowest BCUT2D eigenvalue weighted by molar-refractivity contribution is 0.190. The molecule has 1 rings (SSSR count). The topological polar surface area (TPSA) is 6.48 Å². The SMILES string of the molecule is CN(CBr)CCC1CCCN(C)C1. The molecule has 1 fully saturated rings. The molecule has 0 aromatic heterocycles. The summed E-state index contributed by atoms with van der Waals surface area (Å²) in [5.74, 6) is 0.931. The first-order valence-electron chi connectivity index (χ1n) is 5.15. The smallest absolute Gasteiger partial charge is 0.0539 e. The summed E-state index contributed by atoms with van der Waals surface area (Å²) in [6.45, 7) is 3.82. The molecule has 0 saturated carbocycles. The number of alkyl halides is 1. The normalized spacial score (nSPS) is 25.4. The van der Waals surface area contributed by atoms with Crippen LogP contribution in [-0.4, -0.2) is 49.0 Å². The van der Waals surface area contributed by atoms with Crippen molar-refractivity contribution in [1.82, 2.24) is 9.80 Å². The molecule has 13 heavy (non-hydrogen) atoms. The van der Waals surface area contributed by atoms with Crippen LogP contribution in [-0.2, 0) is 0 Å². The van der Waals surface area contributed by atoms with Crippen LogP contribution in [0.2, 0.25) is 0 Å². The Bertz CT molecular complexity index is 141. The van der Waals surface area contributed by atoms with Gasteiger partial charge < -0.3 is 4.90 Å². The Hall–Kier alpha value is 0.400. The number of piperidine rings is 1. The maximum atomic E-state index is 3.47. The van der Waals surface area contributed by atoms with Gasteiger partial charge >= 0.3 is 0 Å². The van der Waals surface area contributed by atoms with Crippen LogP contribution in [0.15, 0.2) is 0 Å². The maximum absolute atomic E-state index is 3.47. The molecular formula is C10H21BrN2. The first-order valence-corrected chi connectivity index (χ1v) is 6.27. The predicted molar refractivity (Wildman–Crippen MR) is 61.3 cm³/mol. The maximum Gasteiger partial charge on any atom is 0.0539 e. The number of nitrogens with zero attached hydrogens (tertiary/aromatic N) is 2. The monoisotopic (exact) mass is 248 g/mol. The number of hydrogen-bond acceptors (Lipinski definition) is 2. The molecule has 1 heterocycles. The van der Waals surface area contributed by atoms with Crippen LogP contribution in [0.3, 0.4) is 0 Å². The Morgan fingerprint density at radius 3 is 2.92 bits per heavy atom. The van der Waals surface area contributed by atoms with Crippen molar-refractivity contribution in [3.63, 3.8) is 0 Å². The molecule has 1 unspecified atom stereocenters. The number of rotatable bonds is 4. The summed E-state index contributed by atoms with van der Waals surface area (Å²) in [7, 11) is 4.40. The average Bonchev–Trinajstić information content (AvgIpc) is 2.14. The van der Waals surface area contributed by atoms with E-state index in [-0.39, 0.29) is 0 Å². The quantitative estimate of drug-likeness (QED) is 0.555. The highest BCUT2D eigenvalue weighted by Crippen LogP contribution is 2.18. The Morgan fingerprint density at radius 1 is 1.54 bits per heavy atom. The fourth-order valence-electron chi connectivity index (χ4n) is 1.97. The zero-order chi connectivity index (χ0) is 9.68. The van der Waals surface area contributed by atoms with Crippen LogP contribution in [0.4, 0.5) is 0 Å². The first-order chi connectivity index (χ1) is 6.22. The minimum Gasteiger partial charge on any atom is -0.306 e. The van der Waals surface area contributed by atoms with Gasteiger partial charge in [-0.05, 0) is 52.4 Å². The van der Waals surface area contributed by atoms with Crippen molar-refractivity contribution in [2.45, 2.75) is 19.3 Å². The summed E-state index contributed by atoms with van der Waals surface area (Å²) in [6, 6.07) is 0. The third-order valence-corrected chi connectivity index (χ3v) is 3.70. The first kappa shape index (κ1) is 11.5. The zero-order valence-corrected chi connectivity index (χ0v) is 10.4. The number of likely N-dealkylation sites (tertiary alicyclic amines) is 1. The molecule has 0 amide bonds. The van der Waals surface area contributed by atoms with Crippen molar-refractivity contribution < 1.29 is 0 Å². The summed E-state index contributed by atoms with van der Waals surface area (Å²) >= 11 is 3.47. The van der Waals surface area contributed by atoms with E-state index in [1.54, 1.807) is 0 Å². The van der Waals surface area contributed by atoms with Gasteiger partial charge in [0, 0.05) is 6.54 Å². The van der Waals surface area contributed by atoms with Gasteiger partial charge in [0.15, 0.2) is 0 Å². The Kier molecular flexibility index (Phi) is 5.29. The second kappa shape index (κ2) is 5.99. The molecule has 1 atom stereocenters. The molecule has 2 nitrogen and oxygen atoms in total. The second-order valence-corrected chi connectivity index (χ2v) is 4.76. The lowest BCUT2D eigenvalue weighted by atomic mass is 9.95. The molecule has 0 spiro atoms. The highest BCUT2D eigenvalue weighted by atomic mass is 79.9.